The zero-order valence-electron chi connectivity index (χ0n) is 12.6. The fourth-order valence-corrected chi connectivity index (χ4v) is 2.63. The molecule has 1 aliphatic heterocycles. The predicted molar refractivity (Wildman–Crippen MR) is 77.2 cm³/mol. The number of aromatic nitrogens is 2. The molecule has 0 aliphatic carbocycles. The minimum atomic E-state index is -0.331. The van der Waals surface area contributed by atoms with E-state index in [-0.39, 0.29) is 17.3 Å². The number of hydrogen-bond acceptors (Lipinski definition) is 5. The summed E-state index contributed by atoms with van der Waals surface area (Å²) in [7, 11) is 1.65. The van der Waals surface area contributed by atoms with Crippen molar-refractivity contribution < 1.29 is 9.47 Å². The molecule has 1 fully saturated rings. The molecule has 20 heavy (non-hydrogen) atoms. The van der Waals surface area contributed by atoms with Gasteiger partial charge in [0.1, 0.15) is 0 Å². The van der Waals surface area contributed by atoms with E-state index in [0.29, 0.717) is 32.1 Å². The average Bonchev–Trinajstić information content (AvgIpc) is 2.37. The van der Waals surface area contributed by atoms with Gasteiger partial charge in [0.05, 0.1) is 18.3 Å². The van der Waals surface area contributed by atoms with Crippen LogP contribution in [0.2, 0.25) is 0 Å². The molecule has 0 bridgehead atoms. The highest BCUT2D eigenvalue weighted by atomic mass is 16.5. The van der Waals surface area contributed by atoms with Gasteiger partial charge in [-0.05, 0) is 20.8 Å². The Kier molecular flexibility index (Phi) is 4.45. The van der Waals surface area contributed by atoms with Crippen LogP contribution in [0.1, 0.15) is 20.8 Å². The monoisotopic (exact) mass is 281 g/mol. The van der Waals surface area contributed by atoms with Gasteiger partial charge in [-0.2, -0.15) is 0 Å². The Balaban J connectivity index is 2.29. The third kappa shape index (κ3) is 3.19. The largest absolute Gasteiger partial charge is 0.382 e. The number of hydrogen-bond donors (Lipinski definition) is 0. The molecule has 112 valence electrons. The number of aryl methyl sites for hydroxylation is 1. The van der Waals surface area contributed by atoms with Crippen molar-refractivity contribution in [2.24, 2.45) is 0 Å². The molecular formula is C14H23N3O3. The van der Waals surface area contributed by atoms with Crippen molar-refractivity contribution in [2.45, 2.75) is 39.0 Å². The highest BCUT2D eigenvalue weighted by Crippen LogP contribution is 2.23. The smallest absolute Gasteiger partial charge is 0.293 e. The van der Waals surface area contributed by atoms with Gasteiger partial charge >= 0.3 is 0 Å². The van der Waals surface area contributed by atoms with Gasteiger partial charge < -0.3 is 18.9 Å². The third-order valence-electron chi connectivity index (χ3n) is 3.37. The molecule has 0 unspecified atom stereocenters. The van der Waals surface area contributed by atoms with E-state index in [0.717, 1.165) is 0 Å². The summed E-state index contributed by atoms with van der Waals surface area (Å²) in [5.41, 5.74) is -0.383. The lowest BCUT2D eigenvalue weighted by atomic mass is 10.1. The first-order chi connectivity index (χ1) is 9.46. The van der Waals surface area contributed by atoms with E-state index >= 15 is 0 Å². The normalized spacial score (nSPS) is 22.0. The Hall–Kier alpha value is -1.40. The van der Waals surface area contributed by atoms with Crippen LogP contribution in [0.15, 0.2) is 17.2 Å². The summed E-state index contributed by atoms with van der Waals surface area (Å²) in [5, 5.41) is 0. The first-order valence-electron chi connectivity index (χ1n) is 6.94. The first kappa shape index (κ1) is 15.0. The second-order valence-corrected chi connectivity index (χ2v) is 5.68. The average molecular weight is 281 g/mol. The van der Waals surface area contributed by atoms with E-state index in [1.807, 2.05) is 25.7 Å². The van der Waals surface area contributed by atoms with Gasteiger partial charge in [0.2, 0.25) is 0 Å². The number of morpholine rings is 1. The Morgan fingerprint density at radius 3 is 2.95 bits per heavy atom. The Morgan fingerprint density at radius 1 is 1.55 bits per heavy atom. The second-order valence-electron chi connectivity index (χ2n) is 5.68. The molecule has 2 rings (SSSR count). The van der Waals surface area contributed by atoms with E-state index in [2.05, 4.69) is 4.98 Å². The minimum absolute atomic E-state index is 0.0520. The van der Waals surface area contributed by atoms with Gasteiger partial charge in [-0.25, -0.2) is 4.98 Å². The van der Waals surface area contributed by atoms with Gasteiger partial charge in [0.15, 0.2) is 5.82 Å². The lowest BCUT2D eigenvalue weighted by molar-refractivity contribution is -0.106. The molecule has 6 heteroatoms. The molecule has 1 aromatic rings. The van der Waals surface area contributed by atoms with E-state index in [4.69, 9.17) is 9.47 Å². The van der Waals surface area contributed by atoms with Crippen molar-refractivity contribution in [1.29, 1.82) is 0 Å². The summed E-state index contributed by atoms with van der Waals surface area (Å²) in [6, 6.07) is 0. The van der Waals surface area contributed by atoms with Crippen molar-refractivity contribution in [3.8, 4) is 0 Å². The van der Waals surface area contributed by atoms with E-state index < -0.39 is 0 Å². The van der Waals surface area contributed by atoms with Gasteiger partial charge in [-0.15, -0.1) is 0 Å². The maximum absolute atomic E-state index is 12.4. The number of anilines is 1. The molecule has 0 amide bonds. The molecule has 0 saturated carbocycles. The third-order valence-corrected chi connectivity index (χ3v) is 3.37. The molecular weight excluding hydrogens is 258 g/mol. The fourth-order valence-electron chi connectivity index (χ4n) is 2.63. The highest BCUT2D eigenvalue weighted by molar-refractivity contribution is 5.37. The standard InChI is InChI=1S/C14H23N3O3/c1-5-16-7-6-15-12(13(16)18)17-8-11(9-19-4)20-14(2,3)10-17/h6-7,11H,5,8-10H2,1-4H3/t11-/m0/s1. The van der Waals surface area contributed by atoms with Crippen molar-refractivity contribution in [2.75, 3.05) is 31.7 Å². The van der Waals surface area contributed by atoms with Crippen LogP contribution < -0.4 is 10.5 Å². The number of ether oxygens (including phenoxy) is 2. The molecule has 0 aromatic carbocycles. The van der Waals surface area contributed by atoms with Crippen LogP contribution in [0.3, 0.4) is 0 Å². The molecule has 2 heterocycles. The second kappa shape index (κ2) is 5.93. The quantitative estimate of drug-likeness (QED) is 0.820. The lowest BCUT2D eigenvalue weighted by Gasteiger charge is -2.42. The fraction of sp³-hybridized carbons (Fsp3) is 0.714. The molecule has 1 saturated heterocycles. The maximum atomic E-state index is 12.4. The lowest BCUT2D eigenvalue weighted by Crippen LogP contribution is -2.55. The van der Waals surface area contributed by atoms with Crippen molar-refractivity contribution in [3.05, 3.63) is 22.7 Å². The van der Waals surface area contributed by atoms with Crippen LogP contribution in [-0.4, -0.2) is 48.1 Å². The van der Waals surface area contributed by atoms with E-state index in [1.165, 1.54) is 0 Å². The SMILES string of the molecule is CCn1ccnc(N2C[C@@H](COC)OC(C)(C)C2)c1=O. The molecule has 1 aliphatic rings. The Morgan fingerprint density at radius 2 is 2.30 bits per heavy atom. The topological polar surface area (TPSA) is 56.6 Å². The molecule has 1 atom stereocenters. The van der Waals surface area contributed by atoms with Crippen molar-refractivity contribution >= 4 is 5.82 Å². The van der Waals surface area contributed by atoms with Gasteiger partial charge in [0.25, 0.3) is 5.56 Å². The van der Waals surface area contributed by atoms with Crippen LogP contribution in [-0.2, 0) is 16.0 Å². The van der Waals surface area contributed by atoms with Crippen molar-refractivity contribution in [1.82, 2.24) is 9.55 Å². The summed E-state index contributed by atoms with van der Waals surface area (Å²) >= 11 is 0. The Bertz CT molecular complexity index is 513. The first-order valence-corrected chi connectivity index (χ1v) is 6.94. The van der Waals surface area contributed by atoms with Crippen LogP contribution in [0.25, 0.3) is 0 Å². The summed E-state index contributed by atoms with van der Waals surface area (Å²) in [4.78, 5) is 18.6. The van der Waals surface area contributed by atoms with Crippen molar-refractivity contribution in [3.63, 3.8) is 0 Å². The van der Waals surface area contributed by atoms with Crippen LogP contribution in [0.4, 0.5) is 5.82 Å². The molecule has 0 spiro atoms. The maximum Gasteiger partial charge on any atom is 0.293 e. The number of methoxy groups -OCH3 is 1. The van der Waals surface area contributed by atoms with Crippen LogP contribution in [0, 0.1) is 0 Å². The van der Waals surface area contributed by atoms with E-state index in [9.17, 15) is 4.79 Å². The van der Waals surface area contributed by atoms with E-state index in [1.54, 1.807) is 24.1 Å². The summed E-state index contributed by atoms with van der Waals surface area (Å²) in [5.74, 6) is 0.492. The van der Waals surface area contributed by atoms with Crippen LogP contribution in [0.5, 0.6) is 0 Å². The molecule has 0 radical (unpaired) electrons. The van der Waals surface area contributed by atoms with Gasteiger partial charge in [0, 0.05) is 39.1 Å². The van der Waals surface area contributed by atoms with Gasteiger partial charge in [-0.1, -0.05) is 0 Å². The molecule has 1 aromatic heterocycles. The zero-order chi connectivity index (χ0) is 14.8. The van der Waals surface area contributed by atoms with Gasteiger partial charge in [-0.3, -0.25) is 4.79 Å². The van der Waals surface area contributed by atoms with Crippen LogP contribution >= 0.6 is 0 Å². The Labute approximate surface area is 119 Å². The summed E-state index contributed by atoms with van der Waals surface area (Å²) < 4.78 is 12.8. The highest BCUT2D eigenvalue weighted by Gasteiger charge is 2.35. The minimum Gasteiger partial charge on any atom is -0.382 e. The number of nitrogens with zero attached hydrogens (tertiary/aromatic N) is 3. The predicted octanol–water partition coefficient (Wildman–Crippen LogP) is 0.893. The molecule has 6 nitrogen and oxygen atoms in total. The number of rotatable bonds is 4. The summed E-state index contributed by atoms with van der Waals surface area (Å²) in [6.07, 6.45) is 3.33. The summed E-state index contributed by atoms with van der Waals surface area (Å²) in [6.45, 7) is 8.39. The zero-order valence-corrected chi connectivity index (χ0v) is 12.6. The molecule has 0 N–H and O–H groups in total.